The molecule has 4 heterocycles. The van der Waals surface area contributed by atoms with Crippen LogP contribution in [0.1, 0.15) is 11.9 Å². The van der Waals surface area contributed by atoms with Crippen LogP contribution in [0, 0.1) is 0 Å². The van der Waals surface area contributed by atoms with E-state index in [0.717, 1.165) is 22.3 Å². The third-order valence-corrected chi connectivity index (χ3v) is 5.20. The second-order valence-electron chi connectivity index (χ2n) is 7.07. The van der Waals surface area contributed by atoms with Gasteiger partial charge in [-0.25, -0.2) is 4.98 Å². The van der Waals surface area contributed by atoms with Crippen LogP contribution < -0.4 is 10.5 Å². The highest BCUT2D eigenvalue weighted by atomic mass is 16.5. The molecule has 1 aromatic carbocycles. The molecule has 1 saturated heterocycles. The Hall–Kier alpha value is -3.45. The zero-order valence-corrected chi connectivity index (χ0v) is 16.0. The van der Waals surface area contributed by atoms with E-state index < -0.39 is 0 Å². The molecule has 4 aromatic rings. The highest BCUT2D eigenvalue weighted by molar-refractivity contribution is 5.77. The van der Waals surface area contributed by atoms with Gasteiger partial charge in [0.1, 0.15) is 17.4 Å². The fourth-order valence-electron chi connectivity index (χ4n) is 3.64. The number of benzene rings is 1. The molecule has 146 valence electrons. The summed E-state index contributed by atoms with van der Waals surface area (Å²) in [7, 11) is 1.74. The third-order valence-electron chi connectivity index (χ3n) is 5.20. The van der Waals surface area contributed by atoms with Crippen LogP contribution in [0.5, 0.6) is 0 Å². The number of hydrogen-bond donors (Lipinski definition) is 0. The minimum absolute atomic E-state index is 0.103. The standard InChI is InChI=1S/C22H20N4O3/c1-25-21(27)13-17(15-6-8-23-9-7-15)24-22(25)26-10-11-28-20(14-26)19-12-16-4-2-3-5-18(16)29-19/h2-9,12-13,20H,10-11,14H2,1H3/t20-/m1/s1. The summed E-state index contributed by atoms with van der Waals surface area (Å²) < 4.78 is 13.5. The van der Waals surface area contributed by atoms with Crippen LogP contribution in [0.25, 0.3) is 22.2 Å². The molecule has 7 heteroatoms. The molecule has 0 radical (unpaired) electrons. The molecule has 0 aliphatic carbocycles. The number of aromatic nitrogens is 3. The minimum atomic E-state index is -0.224. The summed E-state index contributed by atoms with van der Waals surface area (Å²) in [4.78, 5) is 23.5. The van der Waals surface area contributed by atoms with Crippen molar-refractivity contribution in [1.29, 1.82) is 0 Å². The average molecular weight is 388 g/mol. The zero-order valence-electron chi connectivity index (χ0n) is 16.0. The van der Waals surface area contributed by atoms with E-state index in [1.54, 1.807) is 30.1 Å². The van der Waals surface area contributed by atoms with Gasteiger partial charge in [-0.15, -0.1) is 0 Å². The van der Waals surface area contributed by atoms with Gasteiger partial charge in [-0.2, -0.15) is 0 Å². The number of rotatable bonds is 3. The van der Waals surface area contributed by atoms with Crippen molar-refractivity contribution in [2.75, 3.05) is 24.6 Å². The van der Waals surface area contributed by atoms with Gasteiger partial charge in [0.15, 0.2) is 0 Å². The highest BCUT2D eigenvalue weighted by Crippen LogP contribution is 2.30. The van der Waals surface area contributed by atoms with E-state index in [1.165, 1.54) is 0 Å². The van der Waals surface area contributed by atoms with Crippen molar-refractivity contribution in [2.24, 2.45) is 7.05 Å². The van der Waals surface area contributed by atoms with Gasteiger partial charge >= 0.3 is 0 Å². The number of fused-ring (bicyclic) bond motifs is 1. The van der Waals surface area contributed by atoms with E-state index in [0.29, 0.717) is 31.3 Å². The molecule has 0 bridgehead atoms. The Kier molecular flexibility index (Phi) is 4.37. The van der Waals surface area contributed by atoms with Crippen molar-refractivity contribution < 1.29 is 9.15 Å². The lowest BCUT2D eigenvalue weighted by Crippen LogP contribution is -2.41. The molecule has 0 saturated carbocycles. The first-order chi connectivity index (χ1) is 14.2. The monoisotopic (exact) mass is 388 g/mol. The molecule has 29 heavy (non-hydrogen) atoms. The largest absolute Gasteiger partial charge is 0.458 e. The van der Waals surface area contributed by atoms with Crippen LogP contribution in [-0.2, 0) is 11.8 Å². The highest BCUT2D eigenvalue weighted by Gasteiger charge is 2.27. The Balaban J connectivity index is 1.49. The molecule has 0 N–H and O–H groups in total. The van der Waals surface area contributed by atoms with Crippen LogP contribution in [0.2, 0.25) is 0 Å². The molecule has 5 rings (SSSR count). The zero-order chi connectivity index (χ0) is 19.8. The van der Waals surface area contributed by atoms with Crippen molar-refractivity contribution >= 4 is 16.9 Å². The Labute approximate surface area is 167 Å². The first-order valence-electron chi connectivity index (χ1n) is 9.52. The third kappa shape index (κ3) is 3.30. The number of furan rings is 1. The number of hydrogen-bond acceptors (Lipinski definition) is 6. The number of morpholine rings is 1. The normalized spacial score (nSPS) is 17.0. The number of pyridine rings is 1. The lowest BCUT2D eigenvalue weighted by atomic mass is 10.2. The van der Waals surface area contributed by atoms with Gasteiger partial charge in [0, 0.05) is 43.0 Å². The lowest BCUT2D eigenvalue weighted by Gasteiger charge is -2.33. The molecule has 0 spiro atoms. The smallest absolute Gasteiger partial charge is 0.255 e. The van der Waals surface area contributed by atoms with Gasteiger partial charge in [0.25, 0.3) is 5.56 Å². The van der Waals surface area contributed by atoms with E-state index in [1.807, 2.05) is 42.5 Å². The molecular weight excluding hydrogens is 368 g/mol. The first-order valence-corrected chi connectivity index (χ1v) is 9.52. The summed E-state index contributed by atoms with van der Waals surface area (Å²) in [5.41, 5.74) is 2.24. The van der Waals surface area contributed by atoms with Crippen molar-refractivity contribution in [2.45, 2.75) is 6.10 Å². The van der Waals surface area contributed by atoms with Crippen molar-refractivity contribution in [1.82, 2.24) is 14.5 Å². The van der Waals surface area contributed by atoms with Gasteiger partial charge in [0.05, 0.1) is 18.8 Å². The van der Waals surface area contributed by atoms with Crippen molar-refractivity contribution in [3.8, 4) is 11.3 Å². The number of para-hydroxylation sites is 1. The van der Waals surface area contributed by atoms with Crippen LogP contribution in [0.15, 0.2) is 70.1 Å². The van der Waals surface area contributed by atoms with E-state index in [9.17, 15) is 4.79 Å². The lowest BCUT2D eigenvalue weighted by molar-refractivity contribution is 0.0260. The Morgan fingerprint density at radius 2 is 1.93 bits per heavy atom. The molecule has 1 aliphatic heterocycles. The van der Waals surface area contributed by atoms with Crippen LogP contribution in [0.4, 0.5) is 5.95 Å². The summed E-state index contributed by atoms with van der Waals surface area (Å²) in [6.45, 7) is 1.73. The Bertz CT molecular complexity index is 1180. The molecule has 0 amide bonds. The first kappa shape index (κ1) is 17.6. The molecule has 0 unspecified atom stereocenters. The molecule has 1 aliphatic rings. The summed E-state index contributed by atoms with van der Waals surface area (Å²) >= 11 is 0. The molecule has 3 aromatic heterocycles. The quantitative estimate of drug-likeness (QED) is 0.537. The maximum atomic E-state index is 12.6. The topological polar surface area (TPSA) is 73.4 Å². The van der Waals surface area contributed by atoms with Gasteiger partial charge in [-0.1, -0.05) is 18.2 Å². The fourth-order valence-corrected chi connectivity index (χ4v) is 3.64. The SMILES string of the molecule is Cn1c(N2CCO[C@@H](c3cc4ccccc4o3)C2)nc(-c2ccncc2)cc1=O. The van der Waals surface area contributed by atoms with Crippen LogP contribution in [-0.4, -0.2) is 34.2 Å². The summed E-state index contributed by atoms with van der Waals surface area (Å²) in [5, 5.41) is 1.05. The fraction of sp³-hybridized carbons (Fsp3) is 0.227. The maximum Gasteiger partial charge on any atom is 0.255 e. The van der Waals surface area contributed by atoms with E-state index in [2.05, 4.69) is 9.88 Å². The predicted octanol–water partition coefficient (Wildman–Crippen LogP) is 3.17. The van der Waals surface area contributed by atoms with Gasteiger partial charge in [-0.05, 0) is 24.3 Å². The van der Waals surface area contributed by atoms with Gasteiger partial charge in [-0.3, -0.25) is 14.3 Å². The second kappa shape index (κ2) is 7.18. The van der Waals surface area contributed by atoms with E-state index >= 15 is 0 Å². The molecule has 1 fully saturated rings. The molecule has 1 atom stereocenters. The van der Waals surface area contributed by atoms with Crippen LogP contribution in [0.3, 0.4) is 0 Å². The molecular formula is C22H20N4O3. The Morgan fingerprint density at radius 3 is 2.76 bits per heavy atom. The number of nitrogens with zero attached hydrogens (tertiary/aromatic N) is 4. The summed E-state index contributed by atoms with van der Waals surface area (Å²) in [5.74, 6) is 1.40. The second-order valence-corrected chi connectivity index (χ2v) is 7.07. The van der Waals surface area contributed by atoms with Gasteiger partial charge in [0.2, 0.25) is 5.95 Å². The Morgan fingerprint density at radius 1 is 1.10 bits per heavy atom. The summed E-state index contributed by atoms with van der Waals surface area (Å²) in [6.07, 6.45) is 3.17. The number of ether oxygens (including phenoxy) is 1. The van der Waals surface area contributed by atoms with Gasteiger partial charge < -0.3 is 14.1 Å². The summed E-state index contributed by atoms with van der Waals surface area (Å²) in [6, 6.07) is 15.2. The van der Waals surface area contributed by atoms with Crippen molar-refractivity contribution in [3.63, 3.8) is 0 Å². The average Bonchev–Trinajstić information content (AvgIpc) is 3.21. The van der Waals surface area contributed by atoms with E-state index in [4.69, 9.17) is 14.1 Å². The van der Waals surface area contributed by atoms with E-state index in [-0.39, 0.29) is 11.7 Å². The predicted molar refractivity (Wildman–Crippen MR) is 110 cm³/mol. The number of anilines is 1. The van der Waals surface area contributed by atoms with Crippen molar-refractivity contribution in [3.05, 3.63) is 77.0 Å². The van der Waals surface area contributed by atoms with Crippen LogP contribution >= 0.6 is 0 Å². The molecule has 7 nitrogen and oxygen atoms in total. The maximum absolute atomic E-state index is 12.6. The minimum Gasteiger partial charge on any atom is -0.458 e.